The molecule has 2 aromatic rings. The van der Waals surface area contributed by atoms with Crippen LogP contribution < -0.4 is 4.90 Å². The molecule has 0 N–H and O–H groups in total. The molecule has 0 spiro atoms. The summed E-state index contributed by atoms with van der Waals surface area (Å²) in [4.78, 5) is 28.1. The third-order valence-corrected chi connectivity index (χ3v) is 4.73. The fourth-order valence-corrected chi connectivity index (χ4v) is 3.32. The highest BCUT2D eigenvalue weighted by Crippen LogP contribution is 2.24. The number of carbonyl (C=O) groups is 2. The van der Waals surface area contributed by atoms with Crippen molar-refractivity contribution in [2.75, 3.05) is 24.5 Å². The van der Waals surface area contributed by atoms with Gasteiger partial charge in [-0.25, -0.2) is 0 Å². The van der Waals surface area contributed by atoms with Crippen molar-refractivity contribution < 1.29 is 16.4 Å². The third kappa shape index (κ3) is 4.58. The van der Waals surface area contributed by atoms with Crippen LogP contribution in [0.1, 0.15) is 32.2 Å². The highest BCUT2D eigenvalue weighted by molar-refractivity contribution is 6.40. The topological polar surface area (TPSA) is 40.6 Å². The smallest absolute Gasteiger partial charge is 0.294 e. The van der Waals surface area contributed by atoms with Crippen LogP contribution >= 0.6 is 0 Å². The van der Waals surface area contributed by atoms with E-state index in [2.05, 4.69) is 17.0 Å². The number of rotatable bonds is 6. The van der Waals surface area contributed by atoms with E-state index >= 15 is 0 Å². The molecule has 0 radical (unpaired) electrons. The van der Waals surface area contributed by atoms with Crippen LogP contribution in [-0.4, -0.2) is 42.3 Å². The summed E-state index contributed by atoms with van der Waals surface area (Å²) in [7, 11) is 0. The first kappa shape index (κ1) is 12.8. The Bertz CT molecular complexity index is 947. The summed E-state index contributed by atoms with van der Waals surface area (Å²) in [5.41, 5.74) is 1.03. The van der Waals surface area contributed by atoms with Gasteiger partial charge in [0.2, 0.25) is 5.78 Å². The summed E-state index contributed by atoms with van der Waals surface area (Å²) in [6.07, 6.45) is 2.01. The standard InChI is InChI=1S/C22H26N2O2/c1-18(25)22(26)24(20-10-6-3-7-11-20)21-13-16-23(17-14-21)15-12-19-8-4-2-5-9-19/h2-11,21H,12-17H2,1H3/i3D,6D,7D,10D,11D. The predicted molar refractivity (Wildman–Crippen MR) is 104 cm³/mol. The Morgan fingerprint density at radius 3 is 2.38 bits per heavy atom. The molecule has 1 heterocycles. The average molecular weight is 355 g/mol. The van der Waals surface area contributed by atoms with Gasteiger partial charge in [-0.2, -0.15) is 0 Å². The highest BCUT2D eigenvalue weighted by atomic mass is 16.2. The number of piperidine rings is 1. The summed E-state index contributed by atoms with van der Waals surface area (Å²) in [5.74, 6) is -1.57. The molecule has 1 aliphatic heterocycles. The normalized spacial score (nSPS) is 18.3. The maximum absolute atomic E-state index is 12.8. The molecular weight excluding hydrogens is 324 g/mol. The van der Waals surface area contributed by atoms with Crippen molar-refractivity contribution in [3.8, 4) is 0 Å². The maximum atomic E-state index is 12.8. The fraction of sp³-hybridized carbons (Fsp3) is 0.364. The molecule has 0 saturated carbocycles. The Hall–Kier alpha value is -2.46. The van der Waals surface area contributed by atoms with Crippen LogP contribution in [0.4, 0.5) is 5.69 Å². The van der Waals surface area contributed by atoms with Crippen LogP contribution in [0.3, 0.4) is 0 Å². The molecule has 0 bridgehead atoms. The van der Waals surface area contributed by atoms with E-state index in [1.54, 1.807) is 0 Å². The van der Waals surface area contributed by atoms with E-state index in [-0.39, 0.29) is 5.69 Å². The molecule has 0 atom stereocenters. The fourth-order valence-electron chi connectivity index (χ4n) is 3.32. The third-order valence-electron chi connectivity index (χ3n) is 4.73. The lowest BCUT2D eigenvalue weighted by atomic mass is 10.0. The number of ketones is 1. The van der Waals surface area contributed by atoms with Crippen LogP contribution in [0.15, 0.2) is 60.5 Å². The Balaban J connectivity index is 1.81. The summed E-state index contributed by atoms with van der Waals surface area (Å²) in [6.45, 7) is 3.39. The number of amides is 1. The summed E-state index contributed by atoms with van der Waals surface area (Å²) >= 11 is 0. The number of Topliss-reactive ketones (excluding diaryl/α,β-unsaturated/α-hetero) is 1. The van der Waals surface area contributed by atoms with Gasteiger partial charge in [0.05, 0.1) is 6.85 Å². The molecule has 1 amide bonds. The van der Waals surface area contributed by atoms with Crippen molar-refractivity contribution in [1.82, 2.24) is 4.90 Å². The van der Waals surface area contributed by atoms with Gasteiger partial charge in [-0.3, -0.25) is 9.59 Å². The van der Waals surface area contributed by atoms with E-state index in [1.165, 1.54) is 5.56 Å². The predicted octanol–water partition coefficient (Wildman–Crippen LogP) is 3.32. The summed E-state index contributed by atoms with van der Waals surface area (Å²) in [6, 6.07) is 7.26. The van der Waals surface area contributed by atoms with Gasteiger partial charge < -0.3 is 9.80 Å². The largest absolute Gasteiger partial charge is 0.303 e. The van der Waals surface area contributed by atoms with Gasteiger partial charge >= 0.3 is 0 Å². The van der Waals surface area contributed by atoms with Crippen molar-refractivity contribution in [1.29, 1.82) is 0 Å². The molecular formula is C22H26N2O2. The van der Waals surface area contributed by atoms with E-state index in [0.29, 0.717) is 25.9 Å². The quantitative estimate of drug-likeness (QED) is 0.747. The lowest BCUT2D eigenvalue weighted by molar-refractivity contribution is -0.135. The molecule has 3 rings (SSSR count). The number of hydrogen-bond acceptors (Lipinski definition) is 3. The lowest BCUT2D eigenvalue weighted by Gasteiger charge is -2.38. The second-order valence-corrected chi connectivity index (χ2v) is 6.51. The molecule has 136 valence electrons. The van der Waals surface area contributed by atoms with Gasteiger partial charge in [0, 0.05) is 38.3 Å². The highest BCUT2D eigenvalue weighted by Gasteiger charge is 2.30. The second kappa shape index (κ2) is 8.77. The number of likely N-dealkylation sites (tertiary alicyclic amines) is 1. The second-order valence-electron chi connectivity index (χ2n) is 6.51. The maximum Gasteiger partial charge on any atom is 0.294 e. The Morgan fingerprint density at radius 2 is 1.77 bits per heavy atom. The summed E-state index contributed by atoms with van der Waals surface area (Å²) in [5, 5.41) is 0. The Morgan fingerprint density at radius 1 is 1.12 bits per heavy atom. The molecule has 4 heteroatoms. The van der Waals surface area contributed by atoms with Gasteiger partial charge in [-0.1, -0.05) is 48.5 Å². The molecule has 0 aliphatic carbocycles. The van der Waals surface area contributed by atoms with Crippen LogP contribution in [0.25, 0.3) is 0 Å². The lowest BCUT2D eigenvalue weighted by Crippen LogP contribution is -2.49. The van der Waals surface area contributed by atoms with Gasteiger partial charge in [-0.05, 0) is 36.9 Å². The number of hydrogen-bond donors (Lipinski definition) is 0. The zero-order chi connectivity index (χ0) is 22.7. The van der Waals surface area contributed by atoms with E-state index in [4.69, 9.17) is 6.85 Å². The zero-order valence-corrected chi connectivity index (χ0v) is 14.9. The van der Waals surface area contributed by atoms with E-state index in [1.807, 2.05) is 18.2 Å². The number of para-hydroxylation sites is 1. The number of nitrogens with zero attached hydrogens (tertiary/aromatic N) is 2. The Labute approximate surface area is 162 Å². The van der Waals surface area contributed by atoms with Gasteiger partial charge in [0.15, 0.2) is 0 Å². The molecule has 4 nitrogen and oxygen atoms in total. The van der Waals surface area contributed by atoms with Crippen molar-refractivity contribution in [2.45, 2.75) is 32.2 Å². The minimum atomic E-state index is -0.846. The van der Waals surface area contributed by atoms with Crippen molar-refractivity contribution in [3.05, 3.63) is 66.1 Å². The van der Waals surface area contributed by atoms with Crippen LogP contribution in [0.5, 0.6) is 0 Å². The monoisotopic (exact) mass is 355 g/mol. The molecule has 1 saturated heterocycles. The first-order valence-corrected chi connectivity index (χ1v) is 8.89. The minimum absolute atomic E-state index is 0.214. The van der Waals surface area contributed by atoms with Crippen LogP contribution in [0, 0.1) is 0 Å². The molecule has 1 fully saturated rings. The van der Waals surface area contributed by atoms with E-state index in [0.717, 1.165) is 24.8 Å². The first-order valence-electron chi connectivity index (χ1n) is 11.4. The van der Waals surface area contributed by atoms with Gasteiger partial charge in [0.1, 0.15) is 0 Å². The van der Waals surface area contributed by atoms with Crippen molar-refractivity contribution in [3.63, 3.8) is 0 Å². The van der Waals surface area contributed by atoms with Gasteiger partial charge in [-0.15, -0.1) is 0 Å². The average Bonchev–Trinajstić information content (AvgIpc) is 2.78. The van der Waals surface area contributed by atoms with E-state index < -0.39 is 47.9 Å². The minimum Gasteiger partial charge on any atom is -0.303 e. The molecule has 1 aliphatic rings. The first-order chi connectivity index (χ1) is 14.7. The molecule has 0 aromatic heterocycles. The van der Waals surface area contributed by atoms with Crippen LogP contribution in [0.2, 0.25) is 0 Å². The van der Waals surface area contributed by atoms with Crippen LogP contribution in [-0.2, 0) is 16.0 Å². The number of carbonyl (C=O) groups excluding carboxylic acids is 2. The zero-order valence-electron chi connectivity index (χ0n) is 19.9. The molecule has 2 aromatic carbocycles. The molecule has 0 unspecified atom stereocenters. The van der Waals surface area contributed by atoms with Gasteiger partial charge in [0.25, 0.3) is 5.91 Å². The Kier molecular flexibility index (Phi) is 4.32. The van der Waals surface area contributed by atoms with Crippen molar-refractivity contribution >= 4 is 17.4 Å². The SMILES string of the molecule is [2H]c1c([2H])c([2H])c(N(C(=O)C(C)=O)C2CCN(CCc3ccccc3)CC2)c([2H])c1[2H]. The molecule has 26 heavy (non-hydrogen) atoms. The summed E-state index contributed by atoms with van der Waals surface area (Å²) < 4.78 is 40.1. The number of benzene rings is 2. The van der Waals surface area contributed by atoms with Crippen molar-refractivity contribution in [2.24, 2.45) is 0 Å². The number of anilines is 1. The van der Waals surface area contributed by atoms with E-state index in [9.17, 15) is 9.59 Å².